The van der Waals surface area contributed by atoms with E-state index in [2.05, 4.69) is 18.3 Å². The number of benzene rings is 2. The Bertz CT molecular complexity index is 727. The minimum absolute atomic E-state index is 0.124. The second-order valence-electron chi connectivity index (χ2n) is 5.36. The Balaban J connectivity index is 1.72. The number of urea groups is 1. The van der Waals surface area contributed by atoms with Crippen LogP contribution < -0.4 is 10.2 Å². The smallest absolute Gasteiger partial charge is 0.314 e. The van der Waals surface area contributed by atoms with E-state index in [4.69, 9.17) is 11.6 Å². The molecule has 2 aromatic carbocycles. The van der Waals surface area contributed by atoms with E-state index in [-0.39, 0.29) is 12.1 Å². The van der Waals surface area contributed by atoms with Crippen molar-refractivity contribution in [2.45, 2.75) is 19.4 Å². The molecule has 1 N–H and O–H groups in total. The van der Waals surface area contributed by atoms with Gasteiger partial charge in [-0.05, 0) is 42.7 Å². The number of nitrogens with zero attached hydrogens (tertiary/aromatic N) is 1. The van der Waals surface area contributed by atoms with Gasteiger partial charge in [-0.15, -0.1) is 0 Å². The summed E-state index contributed by atoms with van der Waals surface area (Å²) in [6, 6.07) is 15.6. The highest BCUT2D eigenvalue weighted by Crippen LogP contribution is 2.31. The van der Waals surface area contributed by atoms with Crippen LogP contribution in [0.4, 0.5) is 10.5 Å². The van der Waals surface area contributed by atoms with Crippen LogP contribution in [0.1, 0.15) is 18.1 Å². The largest absolute Gasteiger partial charge is 0.326 e. The van der Waals surface area contributed by atoms with Gasteiger partial charge < -0.3 is 5.32 Å². The summed E-state index contributed by atoms with van der Waals surface area (Å²) in [5.74, 6) is 0. The van der Waals surface area contributed by atoms with E-state index in [1.165, 1.54) is 5.56 Å². The molecule has 3 nitrogen and oxygen atoms in total. The third-order valence-corrected chi connectivity index (χ3v) is 4.15. The van der Waals surface area contributed by atoms with Crippen molar-refractivity contribution in [1.82, 2.24) is 5.32 Å². The standard InChI is InChI=1S/C18H17ClN2O/c1-13-12-15-7-3-5-9-17(15)21(13)18(22)20-11-10-14-6-2-4-8-16(14)19/h2-11,13H,12H2,1H3,(H,20,22)/b11-10+. The normalized spacial score (nSPS) is 16.8. The Morgan fingerprint density at radius 1 is 1.23 bits per heavy atom. The van der Waals surface area contributed by atoms with Crippen LogP contribution in [0.2, 0.25) is 5.02 Å². The summed E-state index contributed by atoms with van der Waals surface area (Å²) in [5, 5.41) is 3.48. The fourth-order valence-electron chi connectivity index (χ4n) is 2.76. The summed E-state index contributed by atoms with van der Waals surface area (Å²) in [5.41, 5.74) is 3.07. The lowest BCUT2D eigenvalue weighted by Gasteiger charge is -2.22. The van der Waals surface area contributed by atoms with Crippen molar-refractivity contribution < 1.29 is 4.79 Å². The fourth-order valence-corrected chi connectivity index (χ4v) is 2.96. The van der Waals surface area contributed by atoms with Gasteiger partial charge in [0.15, 0.2) is 0 Å². The molecule has 2 aromatic rings. The van der Waals surface area contributed by atoms with Gasteiger partial charge in [0.1, 0.15) is 0 Å². The fraction of sp³-hybridized carbons (Fsp3) is 0.167. The zero-order valence-electron chi connectivity index (χ0n) is 12.3. The number of hydrogen-bond acceptors (Lipinski definition) is 1. The number of para-hydroxylation sites is 1. The van der Waals surface area contributed by atoms with E-state index < -0.39 is 0 Å². The predicted molar refractivity (Wildman–Crippen MR) is 91.1 cm³/mol. The molecule has 0 aliphatic carbocycles. The van der Waals surface area contributed by atoms with Gasteiger partial charge in [-0.3, -0.25) is 4.90 Å². The van der Waals surface area contributed by atoms with Crippen LogP contribution in [0.3, 0.4) is 0 Å². The predicted octanol–water partition coefficient (Wildman–Crippen LogP) is 4.47. The van der Waals surface area contributed by atoms with Gasteiger partial charge in [0, 0.05) is 23.0 Å². The number of anilines is 1. The van der Waals surface area contributed by atoms with Crippen LogP contribution in [0.5, 0.6) is 0 Å². The molecule has 0 spiro atoms. The molecule has 4 heteroatoms. The van der Waals surface area contributed by atoms with Crippen LogP contribution in [-0.4, -0.2) is 12.1 Å². The molecule has 1 aliphatic rings. The first-order valence-corrected chi connectivity index (χ1v) is 7.63. The number of carbonyl (C=O) groups excluding carboxylic acids is 1. The SMILES string of the molecule is CC1Cc2ccccc2N1C(=O)N/C=C/c1ccccc1Cl. The highest BCUT2D eigenvalue weighted by Gasteiger charge is 2.29. The van der Waals surface area contributed by atoms with Crippen LogP contribution in [0, 0.1) is 0 Å². The number of hydrogen-bond donors (Lipinski definition) is 1. The minimum atomic E-state index is -0.124. The molecular weight excluding hydrogens is 296 g/mol. The molecule has 3 rings (SSSR count). The first-order valence-electron chi connectivity index (χ1n) is 7.25. The quantitative estimate of drug-likeness (QED) is 0.871. The van der Waals surface area contributed by atoms with Gasteiger partial charge in [-0.1, -0.05) is 48.0 Å². The zero-order chi connectivity index (χ0) is 15.5. The van der Waals surface area contributed by atoms with Crippen molar-refractivity contribution in [3.05, 3.63) is 70.9 Å². The maximum Gasteiger partial charge on any atom is 0.326 e. The molecule has 1 atom stereocenters. The molecule has 112 valence electrons. The second-order valence-corrected chi connectivity index (χ2v) is 5.76. The molecule has 22 heavy (non-hydrogen) atoms. The van der Waals surface area contributed by atoms with Gasteiger partial charge in [0.25, 0.3) is 0 Å². The van der Waals surface area contributed by atoms with Gasteiger partial charge >= 0.3 is 6.03 Å². The van der Waals surface area contributed by atoms with Crippen LogP contribution >= 0.6 is 11.6 Å². The maximum atomic E-state index is 12.4. The zero-order valence-corrected chi connectivity index (χ0v) is 13.0. The number of amides is 2. The molecule has 0 bridgehead atoms. The monoisotopic (exact) mass is 312 g/mol. The summed E-state index contributed by atoms with van der Waals surface area (Å²) in [7, 11) is 0. The van der Waals surface area contributed by atoms with Crippen molar-refractivity contribution in [3.8, 4) is 0 Å². The van der Waals surface area contributed by atoms with Gasteiger partial charge in [0.2, 0.25) is 0 Å². The Morgan fingerprint density at radius 2 is 1.95 bits per heavy atom. The molecule has 0 aromatic heterocycles. The lowest BCUT2D eigenvalue weighted by atomic mass is 10.1. The topological polar surface area (TPSA) is 32.3 Å². The van der Waals surface area contributed by atoms with Gasteiger partial charge in [-0.25, -0.2) is 4.79 Å². The van der Waals surface area contributed by atoms with E-state index in [0.29, 0.717) is 5.02 Å². The van der Waals surface area contributed by atoms with Gasteiger partial charge in [-0.2, -0.15) is 0 Å². The summed E-state index contributed by atoms with van der Waals surface area (Å²) < 4.78 is 0. The summed E-state index contributed by atoms with van der Waals surface area (Å²) in [6.45, 7) is 2.05. The average molecular weight is 313 g/mol. The van der Waals surface area contributed by atoms with Crippen molar-refractivity contribution in [3.63, 3.8) is 0 Å². The number of nitrogens with one attached hydrogen (secondary N) is 1. The molecule has 1 unspecified atom stereocenters. The van der Waals surface area contributed by atoms with E-state index in [0.717, 1.165) is 17.7 Å². The summed E-state index contributed by atoms with van der Waals surface area (Å²) >= 11 is 6.08. The van der Waals surface area contributed by atoms with E-state index in [9.17, 15) is 4.79 Å². The van der Waals surface area contributed by atoms with Crippen LogP contribution in [-0.2, 0) is 6.42 Å². The summed E-state index contributed by atoms with van der Waals surface area (Å²) in [6.07, 6.45) is 4.32. The van der Waals surface area contributed by atoms with E-state index in [1.807, 2.05) is 42.5 Å². The molecular formula is C18H17ClN2O. The lowest BCUT2D eigenvalue weighted by Crippen LogP contribution is -2.41. The Kier molecular flexibility index (Phi) is 4.16. The maximum absolute atomic E-state index is 12.4. The Morgan fingerprint density at radius 3 is 2.77 bits per heavy atom. The van der Waals surface area contributed by atoms with Crippen molar-refractivity contribution in [2.75, 3.05) is 4.90 Å². The average Bonchev–Trinajstić information content (AvgIpc) is 2.85. The van der Waals surface area contributed by atoms with Gasteiger partial charge in [0.05, 0.1) is 0 Å². The molecule has 2 amide bonds. The van der Waals surface area contributed by atoms with E-state index >= 15 is 0 Å². The number of halogens is 1. The summed E-state index contributed by atoms with van der Waals surface area (Å²) in [4.78, 5) is 14.2. The van der Waals surface area contributed by atoms with E-state index in [1.54, 1.807) is 17.2 Å². The third-order valence-electron chi connectivity index (χ3n) is 3.80. The first kappa shape index (κ1) is 14.7. The molecule has 0 radical (unpaired) electrons. The van der Waals surface area contributed by atoms with Crippen LogP contribution in [0.15, 0.2) is 54.7 Å². The van der Waals surface area contributed by atoms with Crippen molar-refractivity contribution >= 4 is 29.4 Å². The van der Waals surface area contributed by atoms with Crippen molar-refractivity contribution in [1.29, 1.82) is 0 Å². The van der Waals surface area contributed by atoms with Crippen molar-refractivity contribution in [2.24, 2.45) is 0 Å². The highest BCUT2D eigenvalue weighted by molar-refractivity contribution is 6.32. The molecule has 0 saturated carbocycles. The second kappa shape index (κ2) is 6.24. The first-order chi connectivity index (χ1) is 10.7. The Hall–Kier alpha value is -2.26. The molecule has 1 heterocycles. The Labute approximate surface area is 135 Å². The minimum Gasteiger partial charge on any atom is -0.314 e. The molecule has 1 aliphatic heterocycles. The third kappa shape index (κ3) is 2.85. The van der Waals surface area contributed by atoms with Crippen LogP contribution in [0.25, 0.3) is 6.08 Å². The lowest BCUT2D eigenvalue weighted by molar-refractivity contribution is 0.248. The number of carbonyl (C=O) groups is 1. The highest BCUT2D eigenvalue weighted by atomic mass is 35.5. The number of fused-ring (bicyclic) bond motifs is 1. The molecule has 0 fully saturated rings. The number of rotatable bonds is 2. The molecule has 0 saturated heterocycles.